The molecule has 0 bridgehead atoms. The molecule has 2 aromatic rings. The van der Waals surface area contributed by atoms with Crippen LogP contribution in [-0.2, 0) is 10.0 Å². The normalized spacial score (nSPS) is 12.7. The van der Waals surface area contributed by atoms with Crippen molar-refractivity contribution in [1.29, 1.82) is 0 Å². The van der Waals surface area contributed by atoms with Crippen LogP contribution in [0.25, 0.3) is 0 Å². The van der Waals surface area contributed by atoms with Crippen molar-refractivity contribution in [2.24, 2.45) is 5.14 Å². The number of rotatable bonds is 6. The van der Waals surface area contributed by atoms with E-state index in [4.69, 9.17) is 10.2 Å². The second-order valence-electron chi connectivity index (χ2n) is 4.81. The van der Waals surface area contributed by atoms with Crippen LogP contribution in [0.4, 0.5) is 17.5 Å². The van der Waals surface area contributed by atoms with Gasteiger partial charge in [0.1, 0.15) is 5.82 Å². The van der Waals surface area contributed by atoms with Crippen molar-refractivity contribution in [3.63, 3.8) is 0 Å². The van der Waals surface area contributed by atoms with E-state index in [9.17, 15) is 8.42 Å². The number of aliphatic hydroxyl groups excluding tert-OH is 1. The molecule has 0 fully saturated rings. The first-order valence-corrected chi connectivity index (χ1v) is 8.93. The van der Waals surface area contributed by atoms with Crippen molar-refractivity contribution in [2.45, 2.75) is 17.9 Å². The third-order valence-corrected chi connectivity index (χ3v) is 4.35. The average Bonchev–Trinajstić information content (AvgIpc) is 2.50. The molecular formula is C13H16BrN5O3S. The maximum Gasteiger partial charge on any atom is 0.238 e. The molecule has 0 radical (unpaired) electrons. The predicted molar refractivity (Wildman–Crippen MR) is 91.0 cm³/mol. The summed E-state index contributed by atoms with van der Waals surface area (Å²) in [4.78, 5) is 8.44. The standard InChI is InChI=1S/C13H16BrN5O3S/c1-8(7-20)17-12-11(14)6-16-13(19-12)18-9-2-4-10(5-3-9)23(15,21)22/h2-6,8,20H,7H2,1H3,(H2,15,21,22)(H2,16,17,18,19). The Labute approximate surface area is 142 Å². The Kier molecular flexibility index (Phi) is 5.52. The summed E-state index contributed by atoms with van der Waals surface area (Å²) >= 11 is 3.33. The van der Waals surface area contributed by atoms with E-state index in [2.05, 4.69) is 36.5 Å². The summed E-state index contributed by atoms with van der Waals surface area (Å²) in [5.41, 5.74) is 0.612. The zero-order valence-electron chi connectivity index (χ0n) is 12.2. The van der Waals surface area contributed by atoms with E-state index in [1.54, 1.807) is 18.3 Å². The number of nitrogens with one attached hydrogen (secondary N) is 2. The van der Waals surface area contributed by atoms with Gasteiger partial charge in [-0.25, -0.2) is 18.5 Å². The largest absolute Gasteiger partial charge is 0.394 e. The molecule has 10 heteroatoms. The molecule has 1 atom stereocenters. The van der Waals surface area contributed by atoms with Crippen LogP contribution >= 0.6 is 15.9 Å². The number of nitrogens with zero attached hydrogens (tertiary/aromatic N) is 2. The number of hydrogen-bond donors (Lipinski definition) is 4. The predicted octanol–water partition coefficient (Wildman–Crippen LogP) is 1.42. The van der Waals surface area contributed by atoms with Gasteiger partial charge in [-0.05, 0) is 47.1 Å². The average molecular weight is 402 g/mol. The van der Waals surface area contributed by atoms with E-state index in [0.717, 1.165) is 0 Å². The maximum absolute atomic E-state index is 11.2. The maximum atomic E-state index is 11.2. The number of anilines is 3. The number of sulfonamides is 1. The molecule has 1 unspecified atom stereocenters. The van der Waals surface area contributed by atoms with Crippen LogP contribution in [0.3, 0.4) is 0 Å². The third kappa shape index (κ3) is 4.86. The minimum Gasteiger partial charge on any atom is -0.394 e. The zero-order valence-corrected chi connectivity index (χ0v) is 14.6. The third-order valence-electron chi connectivity index (χ3n) is 2.84. The molecule has 0 aliphatic carbocycles. The van der Waals surface area contributed by atoms with Gasteiger partial charge >= 0.3 is 0 Å². The minimum absolute atomic E-state index is 0.0268. The highest BCUT2D eigenvalue weighted by atomic mass is 79.9. The molecule has 124 valence electrons. The number of primary sulfonamides is 1. The molecule has 23 heavy (non-hydrogen) atoms. The van der Waals surface area contributed by atoms with Gasteiger partial charge < -0.3 is 15.7 Å². The van der Waals surface area contributed by atoms with E-state index < -0.39 is 10.0 Å². The lowest BCUT2D eigenvalue weighted by Crippen LogP contribution is -2.20. The number of benzene rings is 1. The molecule has 0 aliphatic heterocycles. The smallest absolute Gasteiger partial charge is 0.238 e. The molecule has 1 aromatic heterocycles. The van der Waals surface area contributed by atoms with Gasteiger partial charge in [0.25, 0.3) is 0 Å². The number of hydrogen-bond acceptors (Lipinski definition) is 7. The number of nitrogens with two attached hydrogens (primary N) is 1. The Balaban J connectivity index is 2.18. The van der Waals surface area contributed by atoms with Crippen molar-refractivity contribution in [3.05, 3.63) is 34.9 Å². The summed E-state index contributed by atoms with van der Waals surface area (Å²) in [6.45, 7) is 1.78. The summed E-state index contributed by atoms with van der Waals surface area (Å²) in [5.74, 6) is 0.856. The molecule has 1 heterocycles. The number of halogens is 1. The van der Waals surface area contributed by atoms with Crippen LogP contribution in [0, 0.1) is 0 Å². The van der Waals surface area contributed by atoms with Gasteiger partial charge in [-0.1, -0.05) is 0 Å². The SMILES string of the molecule is CC(CO)Nc1nc(Nc2ccc(S(N)(=O)=O)cc2)ncc1Br. The highest BCUT2D eigenvalue weighted by molar-refractivity contribution is 9.10. The Bertz CT molecular complexity index is 783. The van der Waals surface area contributed by atoms with Gasteiger partial charge in [-0.2, -0.15) is 4.98 Å². The zero-order chi connectivity index (χ0) is 17.0. The number of aliphatic hydroxyl groups is 1. The van der Waals surface area contributed by atoms with Crippen molar-refractivity contribution in [1.82, 2.24) is 9.97 Å². The number of aromatic nitrogens is 2. The lowest BCUT2D eigenvalue weighted by molar-refractivity contribution is 0.281. The molecule has 5 N–H and O–H groups in total. The molecule has 0 aliphatic rings. The molecule has 0 amide bonds. The van der Waals surface area contributed by atoms with E-state index in [-0.39, 0.29) is 17.5 Å². The molecule has 0 spiro atoms. The van der Waals surface area contributed by atoms with Crippen molar-refractivity contribution >= 4 is 43.4 Å². The molecule has 8 nitrogen and oxygen atoms in total. The van der Waals surface area contributed by atoms with E-state index in [0.29, 0.717) is 21.9 Å². The Morgan fingerprint density at radius 3 is 2.57 bits per heavy atom. The van der Waals surface area contributed by atoms with Crippen molar-refractivity contribution in [2.75, 3.05) is 17.2 Å². The summed E-state index contributed by atoms with van der Waals surface area (Å²) < 4.78 is 23.1. The first-order valence-electron chi connectivity index (χ1n) is 6.59. The second-order valence-corrected chi connectivity index (χ2v) is 7.23. The van der Waals surface area contributed by atoms with Crippen LogP contribution in [0.5, 0.6) is 0 Å². The minimum atomic E-state index is -3.72. The fourth-order valence-corrected chi connectivity index (χ4v) is 2.49. The molecule has 1 aromatic carbocycles. The second kappa shape index (κ2) is 7.21. The van der Waals surface area contributed by atoms with Gasteiger partial charge in [0.05, 0.1) is 16.0 Å². The van der Waals surface area contributed by atoms with Gasteiger partial charge in [-0.3, -0.25) is 0 Å². The highest BCUT2D eigenvalue weighted by Crippen LogP contribution is 2.23. The Morgan fingerprint density at radius 1 is 1.35 bits per heavy atom. The molecule has 2 rings (SSSR count). The van der Waals surface area contributed by atoms with Crippen molar-refractivity contribution < 1.29 is 13.5 Å². The van der Waals surface area contributed by atoms with Crippen LogP contribution in [0.2, 0.25) is 0 Å². The molecule has 0 saturated heterocycles. The summed E-state index contributed by atoms with van der Waals surface area (Å²) in [5, 5.41) is 20.1. The Hall–Kier alpha value is -1.75. The highest BCUT2D eigenvalue weighted by Gasteiger charge is 2.10. The monoisotopic (exact) mass is 401 g/mol. The molecular weight excluding hydrogens is 386 g/mol. The van der Waals surface area contributed by atoms with Gasteiger partial charge in [0, 0.05) is 17.9 Å². The van der Waals surface area contributed by atoms with Crippen LogP contribution in [0.1, 0.15) is 6.92 Å². The van der Waals surface area contributed by atoms with E-state index in [1.165, 1.54) is 12.1 Å². The molecule has 0 saturated carbocycles. The van der Waals surface area contributed by atoms with Crippen molar-refractivity contribution in [3.8, 4) is 0 Å². The van der Waals surface area contributed by atoms with Crippen LogP contribution in [-0.4, -0.2) is 36.1 Å². The summed E-state index contributed by atoms with van der Waals surface area (Å²) in [7, 11) is -3.72. The first-order chi connectivity index (χ1) is 10.8. The van der Waals surface area contributed by atoms with Gasteiger partial charge in [0.2, 0.25) is 16.0 Å². The van der Waals surface area contributed by atoms with E-state index in [1.807, 2.05) is 6.92 Å². The first kappa shape index (κ1) is 17.6. The topological polar surface area (TPSA) is 130 Å². The van der Waals surface area contributed by atoms with Crippen LogP contribution < -0.4 is 15.8 Å². The van der Waals surface area contributed by atoms with Crippen LogP contribution in [0.15, 0.2) is 39.8 Å². The van der Waals surface area contributed by atoms with Gasteiger partial charge in [0.15, 0.2) is 0 Å². The summed E-state index contributed by atoms with van der Waals surface area (Å²) in [6, 6.07) is 5.75. The lowest BCUT2D eigenvalue weighted by Gasteiger charge is -2.14. The fraction of sp³-hybridized carbons (Fsp3) is 0.231. The quantitative estimate of drug-likeness (QED) is 0.575. The van der Waals surface area contributed by atoms with Gasteiger partial charge in [-0.15, -0.1) is 0 Å². The van der Waals surface area contributed by atoms with E-state index >= 15 is 0 Å². The summed E-state index contributed by atoms with van der Waals surface area (Å²) in [6.07, 6.45) is 1.57. The lowest BCUT2D eigenvalue weighted by atomic mass is 10.3. The fourth-order valence-electron chi connectivity index (χ4n) is 1.66. The Morgan fingerprint density at radius 2 is 2.00 bits per heavy atom.